The Morgan fingerprint density at radius 3 is 2.93 bits per heavy atom. The molecule has 1 aromatic rings. The zero-order valence-corrected chi connectivity index (χ0v) is 9.36. The van der Waals surface area contributed by atoms with E-state index in [1.807, 2.05) is 0 Å². The van der Waals surface area contributed by atoms with Gasteiger partial charge in [0.1, 0.15) is 0 Å². The maximum absolute atomic E-state index is 4.68. The van der Waals surface area contributed by atoms with Gasteiger partial charge in [-0.05, 0) is 45.1 Å². The molecule has 1 atom stereocenters. The molecule has 2 nitrogen and oxygen atoms in total. The molecule has 2 aliphatic rings. The van der Waals surface area contributed by atoms with E-state index >= 15 is 0 Å². The fourth-order valence-electron chi connectivity index (χ4n) is 2.69. The van der Waals surface area contributed by atoms with Crippen LogP contribution in [0.15, 0.2) is 5.38 Å². The molecule has 76 valence electrons. The van der Waals surface area contributed by atoms with E-state index in [0.29, 0.717) is 0 Å². The lowest BCUT2D eigenvalue weighted by molar-refractivity contribution is 0.327. The van der Waals surface area contributed by atoms with Crippen LogP contribution < -0.4 is 5.32 Å². The zero-order chi connectivity index (χ0) is 9.60. The molecule has 2 heterocycles. The molecule has 2 fully saturated rings. The molecule has 0 amide bonds. The molecule has 1 unspecified atom stereocenters. The lowest BCUT2D eigenvalue weighted by Gasteiger charge is -2.27. The van der Waals surface area contributed by atoms with E-state index in [4.69, 9.17) is 0 Å². The molecule has 0 bridgehead atoms. The number of thiazole rings is 1. The van der Waals surface area contributed by atoms with Gasteiger partial charge in [-0.15, -0.1) is 11.3 Å². The Kier molecular flexibility index (Phi) is 1.92. The fourth-order valence-corrected chi connectivity index (χ4v) is 3.38. The standard InChI is InChI=1S/C11H16N2S/c1-8-13-10(7-14-8)11(9-3-4-9)5-2-6-12-11/h7,9,12H,2-6H2,1H3. The number of aromatic nitrogens is 1. The van der Waals surface area contributed by atoms with Gasteiger partial charge >= 0.3 is 0 Å². The number of hydrogen-bond acceptors (Lipinski definition) is 3. The lowest BCUT2D eigenvalue weighted by Crippen LogP contribution is -2.39. The van der Waals surface area contributed by atoms with Crippen molar-refractivity contribution < 1.29 is 0 Å². The van der Waals surface area contributed by atoms with Gasteiger partial charge in [0.15, 0.2) is 0 Å². The minimum absolute atomic E-state index is 0.269. The zero-order valence-electron chi connectivity index (χ0n) is 8.55. The van der Waals surface area contributed by atoms with E-state index in [9.17, 15) is 0 Å². The number of hydrogen-bond donors (Lipinski definition) is 1. The largest absolute Gasteiger partial charge is 0.306 e. The van der Waals surface area contributed by atoms with Gasteiger partial charge < -0.3 is 5.32 Å². The second-order valence-corrected chi connectivity index (χ2v) is 5.59. The van der Waals surface area contributed by atoms with Gasteiger partial charge in [-0.1, -0.05) is 0 Å². The summed E-state index contributed by atoms with van der Waals surface area (Å²) in [5, 5.41) is 7.16. The molecule has 3 heteroatoms. The van der Waals surface area contributed by atoms with Crippen molar-refractivity contribution in [3.63, 3.8) is 0 Å². The monoisotopic (exact) mass is 208 g/mol. The normalized spacial score (nSPS) is 32.4. The van der Waals surface area contributed by atoms with Crippen LogP contribution >= 0.6 is 11.3 Å². The Morgan fingerprint density at radius 2 is 2.43 bits per heavy atom. The van der Waals surface area contributed by atoms with Crippen LogP contribution in [-0.4, -0.2) is 11.5 Å². The van der Waals surface area contributed by atoms with Gasteiger partial charge in [0.05, 0.1) is 16.2 Å². The maximum Gasteiger partial charge on any atom is 0.0898 e. The minimum Gasteiger partial charge on any atom is -0.306 e. The maximum atomic E-state index is 4.68. The molecular weight excluding hydrogens is 192 g/mol. The van der Waals surface area contributed by atoms with Crippen molar-refractivity contribution >= 4 is 11.3 Å². The van der Waals surface area contributed by atoms with Crippen molar-refractivity contribution in [1.29, 1.82) is 0 Å². The van der Waals surface area contributed by atoms with Gasteiger partial charge in [0.25, 0.3) is 0 Å². The van der Waals surface area contributed by atoms with Gasteiger partial charge in [0, 0.05) is 5.38 Å². The SMILES string of the molecule is Cc1nc(C2(C3CC3)CCCN2)cs1. The van der Waals surface area contributed by atoms with Crippen LogP contribution in [0.5, 0.6) is 0 Å². The number of aryl methyl sites for hydroxylation is 1. The highest BCUT2D eigenvalue weighted by molar-refractivity contribution is 7.09. The minimum atomic E-state index is 0.269. The van der Waals surface area contributed by atoms with E-state index < -0.39 is 0 Å². The van der Waals surface area contributed by atoms with Crippen molar-refractivity contribution in [1.82, 2.24) is 10.3 Å². The summed E-state index contributed by atoms with van der Waals surface area (Å²) in [6.07, 6.45) is 5.39. The molecule has 0 radical (unpaired) electrons. The Balaban J connectivity index is 1.98. The van der Waals surface area contributed by atoms with E-state index in [0.717, 1.165) is 5.92 Å². The third-order valence-electron chi connectivity index (χ3n) is 3.54. The average molecular weight is 208 g/mol. The number of nitrogens with zero attached hydrogens (tertiary/aromatic N) is 1. The van der Waals surface area contributed by atoms with Gasteiger partial charge in [-0.25, -0.2) is 4.98 Å². The molecule has 1 aromatic heterocycles. The molecular formula is C11H16N2S. The lowest BCUT2D eigenvalue weighted by atomic mass is 9.88. The molecule has 0 aromatic carbocycles. The first-order valence-corrected chi connectivity index (χ1v) is 6.37. The van der Waals surface area contributed by atoms with Crippen molar-refractivity contribution in [2.75, 3.05) is 6.54 Å². The topological polar surface area (TPSA) is 24.9 Å². The number of nitrogens with one attached hydrogen (secondary N) is 1. The highest BCUT2D eigenvalue weighted by Crippen LogP contribution is 2.50. The molecule has 1 aliphatic heterocycles. The van der Waals surface area contributed by atoms with Crippen LogP contribution in [0.3, 0.4) is 0 Å². The van der Waals surface area contributed by atoms with Crippen LogP contribution in [0.2, 0.25) is 0 Å². The van der Waals surface area contributed by atoms with E-state index in [1.165, 1.54) is 42.9 Å². The molecule has 1 saturated heterocycles. The number of rotatable bonds is 2. The van der Waals surface area contributed by atoms with Crippen molar-refractivity contribution in [3.05, 3.63) is 16.1 Å². The quantitative estimate of drug-likeness (QED) is 0.807. The summed E-state index contributed by atoms with van der Waals surface area (Å²) in [5.41, 5.74) is 1.59. The van der Waals surface area contributed by atoms with Gasteiger partial charge in [-0.3, -0.25) is 0 Å². The van der Waals surface area contributed by atoms with E-state index in [1.54, 1.807) is 11.3 Å². The first-order valence-electron chi connectivity index (χ1n) is 5.49. The fraction of sp³-hybridized carbons (Fsp3) is 0.727. The predicted octanol–water partition coefficient (Wildman–Crippen LogP) is 2.44. The first kappa shape index (κ1) is 8.86. The molecule has 14 heavy (non-hydrogen) atoms. The summed E-state index contributed by atoms with van der Waals surface area (Å²) in [5.74, 6) is 0.867. The third-order valence-corrected chi connectivity index (χ3v) is 4.31. The van der Waals surface area contributed by atoms with E-state index in [2.05, 4.69) is 22.6 Å². The molecule has 1 saturated carbocycles. The molecule has 1 aliphatic carbocycles. The Hall–Kier alpha value is -0.410. The summed E-state index contributed by atoms with van der Waals surface area (Å²) in [7, 11) is 0. The van der Waals surface area contributed by atoms with Crippen molar-refractivity contribution in [3.8, 4) is 0 Å². The van der Waals surface area contributed by atoms with Crippen LogP contribution in [0.1, 0.15) is 36.4 Å². The Labute approximate surface area is 88.7 Å². The van der Waals surface area contributed by atoms with Crippen LogP contribution in [-0.2, 0) is 5.54 Å². The second kappa shape index (κ2) is 3.04. The van der Waals surface area contributed by atoms with Crippen molar-refractivity contribution in [2.24, 2.45) is 5.92 Å². The smallest absolute Gasteiger partial charge is 0.0898 e. The van der Waals surface area contributed by atoms with Gasteiger partial charge in [-0.2, -0.15) is 0 Å². The van der Waals surface area contributed by atoms with Crippen molar-refractivity contribution in [2.45, 2.75) is 38.1 Å². The highest BCUT2D eigenvalue weighted by atomic mass is 32.1. The highest BCUT2D eigenvalue weighted by Gasteiger charge is 2.49. The summed E-state index contributed by atoms with van der Waals surface area (Å²) in [6.45, 7) is 3.27. The predicted molar refractivity (Wildman–Crippen MR) is 58.5 cm³/mol. The summed E-state index contributed by atoms with van der Waals surface area (Å²) in [6, 6.07) is 0. The molecule has 1 N–H and O–H groups in total. The Morgan fingerprint density at radius 1 is 1.57 bits per heavy atom. The summed E-state index contributed by atoms with van der Waals surface area (Å²) in [4.78, 5) is 4.68. The van der Waals surface area contributed by atoms with E-state index in [-0.39, 0.29) is 5.54 Å². The third kappa shape index (κ3) is 1.22. The molecule has 0 spiro atoms. The molecule has 3 rings (SSSR count). The second-order valence-electron chi connectivity index (χ2n) is 4.53. The first-order chi connectivity index (χ1) is 6.81. The Bertz CT molecular complexity index is 335. The average Bonchev–Trinajstić information content (AvgIpc) is 2.77. The van der Waals surface area contributed by atoms with Crippen LogP contribution in [0.4, 0.5) is 0 Å². The van der Waals surface area contributed by atoms with Crippen LogP contribution in [0, 0.1) is 12.8 Å². The van der Waals surface area contributed by atoms with Gasteiger partial charge in [0.2, 0.25) is 0 Å². The summed E-state index contributed by atoms with van der Waals surface area (Å²) < 4.78 is 0. The summed E-state index contributed by atoms with van der Waals surface area (Å²) >= 11 is 1.78. The van der Waals surface area contributed by atoms with Crippen LogP contribution in [0.25, 0.3) is 0 Å².